The number of esters is 2. The highest BCUT2D eigenvalue weighted by molar-refractivity contribution is 5.98. The first kappa shape index (κ1) is 24.2. The minimum absolute atomic E-state index is 0.0224. The maximum atomic E-state index is 12.8. The average molecular weight is 485 g/mol. The van der Waals surface area contributed by atoms with Crippen molar-refractivity contribution >= 4 is 23.8 Å². The molecule has 8 heteroatoms. The van der Waals surface area contributed by atoms with Crippen LogP contribution in [-0.2, 0) is 23.9 Å². The van der Waals surface area contributed by atoms with Crippen molar-refractivity contribution in [2.24, 2.45) is 47.3 Å². The predicted molar refractivity (Wildman–Crippen MR) is 127 cm³/mol. The zero-order valence-electron chi connectivity index (χ0n) is 20.8. The Labute approximate surface area is 205 Å². The molecule has 0 aromatic carbocycles. The summed E-state index contributed by atoms with van der Waals surface area (Å²) in [6, 6.07) is 0.0892. The number of fused-ring (bicyclic) bond motifs is 7. The van der Waals surface area contributed by atoms with E-state index in [4.69, 9.17) is 0 Å². The normalized spacial score (nSPS) is 41.4. The standard InChI is InChI=1S/C18H28N2O3.C9H8O3/c1-17(2)8-12(9-18(3,4)20-17)19-15(21)13-10-5-6-11(7-10)14(13)16(22)23;10-8-6-4-1-2-5(3-4)7(6)9(11)12-8/h5-6,10-14,20H,7-9H2,1-4H3,(H,19,21)(H,22,23);1-2,4-7H,3H2. The quantitative estimate of drug-likeness (QED) is 0.320. The number of hydrogen-bond donors (Lipinski definition) is 3. The van der Waals surface area contributed by atoms with E-state index >= 15 is 0 Å². The van der Waals surface area contributed by atoms with Gasteiger partial charge in [0.1, 0.15) is 0 Å². The van der Waals surface area contributed by atoms with Crippen molar-refractivity contribution < 1.29 is 29.0 Å². The molecule has 3 N–H and O–H groups in total. The van der Waals surface area contributed by atoms with Crippen LogP contribution in [0.15, 0.2) is 24.3 Å². The lowest BCUT2D eigenvalue weighted by Crippen LogP contribution is -2.62. The topological polar surface area (TPSA) is 122 Å². The van der Waals surface area contributed by atoms with Crippen LogP contribution in [0.5, 0.6) is 0 Å². The number of aliphatic carboxylic acids is 1. The number of hydrogen-bond acceptors (Lipinski definition) is 6. The van der Waals surface area contributed by atoms with Crippen molar-refractivity contribution in [3.63, 3.8) is 0 Å². The van der Waals surface area contributed by atoms with Gasteiger partial charge in [0.25, 0.3) is 0 Å². The van der Waals surface area contributed by atoms with Gasteiger partial charge in [0.15, 0.2) is 0 Å². The SMILES string of the molecule is CC1(C)CC(NC(=O)C2C3C=CC(C3)C2C(=O)O)CC(C)(C)N1.O=C1OC(=O)C2C3C=CC(C3)C12. The van der Waals surface area contributed by atoms with E-state index in [0.717, 1.165) is 25.7 Å². The zero-order valence-corrected chi connectivity index (χ0v) is 20.8. The highest BCUT2D eigenvalue weighted by atomic mass is 16.6. The summed E-state index contributed by atoms with van der Waals surface area (Å²) in [6.45, 7) is 8.58. The van der Waals surface area contributed by atoms with Gasteiger partial charge in [-0.05, 0) is 77.0 Å². The Morgan fingerprint density at radius 2 is 1.31 bits per heavy atom. The molecule has 6 rings (SSSR count). The van der Waals surface area contributed by atoms with E-state index in [1.807, 2.05) is 24.3 Å². The van der Waals surface area contributed by atoms with Gasteiger partial charge in [-0.15, -0.1) is 0 Å². The first-order valence-electron chi connectivity index (χ1n) is 12.8. The number of cyclic esters (lactones) is 2. The van der Waals surface area contributed by atoms with Gasteiger partial charge in [-0.25, -0.2) is 0 Å². The molecule has 8 atom stereocenters. The monoisotopic (exact) mass is 484 g/mol. The number of rotatable bonds is 3. The fraction of sp³-hybridized carbons (Fsp3) is 0.704. The fourth-order valence-electron chi connectivity index (χ4n) is 7.94. The van der Waals surface area contributed by atoms with E-state index in [1.165, 1.54) is 0 Å². The van der Waals surface area contributed by atoms with Crippen molar-refractivity contribution in [3.05, 3.63) is 24.3 Å². The first-order chi connectivity index (χ1) is 16.3. The number of amides is 1. The number of carbonyl (C=O) groups excluding carboxylic acids is 3. The molecule has 4 bridgehead atoms. The molecule has 4 fully saturated rings. The summed E-state index contributed by atoms with van der Waals surface area (Å²) in [6.07, 6.45) is 11.6. The maximum absolute atomic E-state index is 12.8. The second kappa shape index (κ2) is 8.29. The van der Waals surface area contributed by atoms with Crippen molar-refractivity contribution in [3.8, 4) is 0 Å². The van der Waals surface area contributed by atoms with Gasteiger partial charge in [-0.2, -0.15) is 0 Å². The molecule has 2 saturated heterocycles. The summed E-state index contributed by atoms with van der Waals surface area (Å²) in [5.74, 6) is -2.13. The van der Waals surface area contributed by atoms with Gasteiger partial charge >= 0.3 is 17.9 Å². The molecule has 0 aromatic rings. The third-order valence-corrected chi connectivity index (χ3v) is 8.79. The third-order valence-electron chi connectivity index (χ3n) is 8.79. The van der Waals surface area contributed by atoms with Crippen LogP contribution in [0.2, 0.25) is 0 Å². The largest absolute Gasteiger partial charge is 0.481 e. The van der Waals surface area contributed by atoms with E-state index in [1.54, 1.807) is 0 Å². The molecule has 1 amide bonds. The molecule has 190 valence electrons. The molecule has 35 heavy (non-hydrogen) atoms. The Kier molecular flexibility index (Phi) is 5.74. The van der Waals surface area contributed by atoms with Crippen LogP contribution in [0.3, 0.4) is 0 Å². The van der Waals surface area contributed by atoms with Crippen LogP contribution in [0.25, 0.3) is 0 Å². The molecule has 0 spiro atoms. The Balaban J connectivity index is 0.000000175. The highest BCUT2D eigenvalue weighted by Gasteiger charge is 2.58. The Morgan fingerprint density at radius 1 is 0.857 bits per heavy atom. The lowest BCUT2D eigenvalue weighted by Gasteiger charge is -2.47. The summed E-state index contributed by atoms with van der Waals surface area (Å²) in [5.41, 5.74) is -0.0824. The number of allylic oxidation sites excluding steroid dienone is 4. The molecule has 8 unspecified atom stereocenters. The number of nitrogens with one attached hydrogen (secondary N) is 2. The number of ether oxygens (including phenoxy) is 1. The molecular formula is C27H36N2O6. The number of carbonyl (C=O) groups is 4. The summed E-state index contributed by atoms with van der Waals surface area (Å²) in [4.78, 5) is 46.8. The molecule has 2 aliphatic heterocycles. The number of carboxylic acids is 1. The van der Waals surface area contributed by atoms with E-state index in [2.05, 4.69) is 43.1 Å². The van der Waals surface area contributed by atoms with Crippen LogP contribution in [0.4, 0.5) is 0 Å². The lowest BCUT2D eigenvalue weighted by atomic mass is 9.78. The molecule has 2 saturated carbocycles. The molecule has 0 aromatic heterocycles. The van der Waals surface area contributed by atoms with Crippen molar-refractivity contribution in [1.29, 1.82) is 0 Å². The number of carboxylic acid groups (broad SMARTS) is 1. The molecular weight excluding hydrogens is 448 g/mol. The maximum Gasteiger partial charge on any atom is 0.318 e. The van der Waals surface area contributed by atoms with Crippen LogP contribution in [0.1, 0.15) is 53.4 Å². The predicted octanol–water partition coefficient (Wildman–Crippen LogP) is 2.44. The van der Waals surface area contributed by atoms with Gasteiger partial charge in [-0.1, -0.05) is 24.3 Å². The van der Waals surface area contributed by atoms with E-state index < -0.39 is 17.8 Å². The third kappa shape index (κ3) is 4.34. The lowest BCUT2D eigenvalue weighted by molar-refractivity contribution is -0.154. The molecule has 2 heterocycles. The van der Waals surface area contributed by atoms with Gasteiger partial charge < -0.3 is 20.5 Å². The van der Waals surface area contributed by atoms with Gasteiger partial charge in [0.2, 0.25) is 5.91 Å². The smallest absolute Gasteiger partial charge is 0.318 e. The molecule has 4 aliphatic carbocycles. The highest BCUT2D eigenvalue weighted by Crippen LogP contribution is 2.51. The first-order valence-corrected chi connectivity index (χ1v) is 12.8. The Hall–Kier alpha value is -2.48. The van der Waals surface area contributed by atoms with Crippen LogP contribution < -0.4 is 10.6 Å². The zero-order chi connectivity index (χ0) is 25.3. The minimum Gasteiger partial charge on any atom is -0.481 e. The van der Waals surface area contributed by atoms with Crippen molar-refractivity contribution in [2.75, 3.05) is 0 Å². The second-order valence-electron chi connectivity index (χ2n) is 12.6. The van der Waals surface area contributed by atoms with Crippen LogP contribution in [-0.4, -0.2) is 46.0 Å². The summed E-state index contributed by atoms with van der Waals surface area (Å²) in [7, 11) is 0. The summed E-state index contributed by atoms with van der Waals surface area (Å²) >= 11 is 0. The second-order valence-corrected chi connectivity index (χ2v) is 12.6. The van der Waals surface area contributed by atoms with Crippen LogP contribution >= 0.6 is 0 Å². The summed E-state index contributed by atoms with van der Waals surface area (Å²) in [5, 5.41) is 16.3. The van der Waals surface area contributed by atoms with E-state index in [0.29, 0.717) is 0 Å². The van der Waals surface area contributed by atoms with Gasteiger partial charge in [0, 0.05) is 17.1 Å². The minimum atomic E-state index is -0.840. The van der Waals surface area contributed by atoms with E-state index in [-0.39, 0.29) is 70.5 Å². The van der Waals surface area contributed by atoms with E-state index in [9.17, 15) is 24.3 Å². The number of piperidine rings is 1. The summed E-state index contributed by atoms with van der Waals surface area (Å²) < 4.78 is 4.59. The van der Waals surface area contributed by atoms with Crippen molar-refractivity contribution in [1.82, 2.24) is 10.6 Å². The Bertz CT molecular complexity index is 969. The van der Waals surface area contributed by atoms with Crippen molar-refractivity contribution in [2.45, 2.75) is 70.5 Å². The van der Waals surface area contributed by atoms with Gasteiger partial charge in [-0.3, -0.25) is 19.2 Å². The fourth-order valence-corrected chi connectivity index (χ4v) is 7.94. The Morgan fingerprint density at radius 3 is 1.83 bits per heavy atom. The molecule has 0 radical (unpaired) electrons. The van der Waals surface area contributed by atoms with Crippen LogP contribution in [0, 0.1) is 47.3 Å². The molecule has 8 nitrogen and oxygen atoms in total. The average Bonchev–Trinajstić information content (AvgIpc) is 3.52. The molecule has 6 aliphatic rings. The van der Waals surface area contributed by atoms with Gasteiger partial charge in [0.05, 0.1) is 23.7 Å².